The van der Waals surface area contributed by atoms with Crippen LogP contribution in [0, 0.1) is 6.92 Å². The zero-order valence-electron chi connectivity index (χ0n) is 18.7. The van der Waals surface area contributed by atoms with Crippen LogP contribution in [-0.4, -0.2) is 53.5 Å². The first-order chi connectivity index (χ1) is 16.1. The van der Waals surface area contributed by atoms with Gasteiger partial charge in [0.05, 0.1) is 0 Å². The molecule has 0 saturated carbocycles. The summed E-state index contributed by atoms with van der Waals surface area (Å²) < 4.78 is 0. The third-order valence-electron chi connectivity index (χ3n) is 5.20. The van der Waals surface area contributed by atoms with Crippen LogP contribution in [0.25, 0.3) is 0 Å². The van der Waals surface area contributed by atoms with E-state index in [1.54, 1.807) is 6.08 Å². The Kier molecular flexibility index (Phi) is 7.63. The van der Waals surface area contributed by atoms with Gasteiger partial charge in [0.2, 0.25) is 5.91 Å². The quantitative estimate of drug-likeness (QED) is 0.395. The Morgan fingerprint density at radius 3 is 2.36 bits per heavy atom. The highest BCUT2D eigenvalue weighted by Gasteiger charge is 2.07. The van der Waals surface area contributed by atoms with E-state index < -0.39 is 0 Å². The van der Waals surface area contributed by atoms with Crippen LogP contribution in [0.1, 0.15) is 5.56 Å². The van der Waals surface area contributed by atoms with E-state index in [0.717, 1.165) is 44.1 Å². The van der Waals surface area contributed by atoms with Crippen LogP contribution < -0.4 is 21.3 Å². The Morgan fingerprint density at radius 1 is 0.970 bits per heavy atom. The zero-order valence-corrected chi connectivity index (χ0v) is 18.7. The number of carbonyl (C=O) groups excluding carboxylic acids is 1. The molecule has 1 fully saturated rings. The number of carbonyl (C=O) groups is 1. The summed E-state index contributed by atoms with van der Waals surface area (Å²) in [6.07, 6.45) is 5.01. The molecular weight excluding hydrogens is 414 g/mol. The van der Waals surface area contributed by atoms with Gasteiger partial charge in [-0.3, -0.25) is 9.69 Å². The summed E-state index contributed by atoms with van der Waals surface area (Å²) in [6.45, 7) is 6.83. The molecule has 4 N–H and O–H groups in total. The third-order valence-corrected chi connectivity index (χ3v) is 5.20. The van der Waals surface area contributed by atoms with Gasteiger partial charge in [0.25, 0.3) is 0 Å². The van der Waals surface area contributed by atoms with Crippen LogP contribution in [0.2, 0.25) is 0 Å². The Morgan fingerprint density at radius 2 is 1.64 bits per heavy atom. The summed E-state index contributed by atoms with van der Waals surface area (Å²) in [5, 5.41) is 12.8. The number of rotatable bonds is 8. The normalized spacial score (nSPS) is 14.2. The van der Waals surface area contributed by atoms with E-state index in [1.165, 1.54) is 11.9 Å². The maximum absolute atomic E-state index is 12.3. The fourth-order valence-corrected chi connectivity index (χ4v) is 3.57. The maximum Gasteiger partial charge on any atom is 0.248 e. The van der Waals surface area contributed by atoms with Gasteiger partial charge in [-0.1, -0.05) is 24.3 Å². The first-order valence-electron chi connectivity index (χ1n) is 11.1. The van der Waals surface area contributed by atoms with Gasteiger partial charge in [-0.15, -0.1) is 0 Å². The Bertz CT molecular complexity index is 1110. The molecule has 3 aromatic rings. The average Bonchev–Trinajstić information content (AvgIpc) is 2.80. The van der Waals surface area contributed by atoms with Crippen molar-refractivity contribution < 1.29 is 4.79 Å². The van der Waals surface area contributed by atoms with E-state index in [4.69, 9.17) is 0 Å². The topological polar surface area (TPSA) is 94.2 Å². The molecule has 1 aromatic heterocycles. The fourth-order valence-electron chi connectivity index (χ4n) is 3.57. The molecular formula is C25H29N7O. The van der Waals surface area contributed by atoms with E-state index in [9.17, 15) is 4.79 Å². The summed E-state index contributed by atoms with van der Waals surface area (Å²) in [5.74, 6) is 1.20. The predicted octanol–water partition coefficient (Wildman–Crippen LogP) is 3.67. The maximum atomic E-state index is 12.3. The lowest BCUT2D eigenvalue weighted by atomic mass is 10.2. The summed E-state index contributed by atoms with van der Waals surface area (Å²) in [4.78, 5) is 23.2. The zero-order chi connectivity index (χ0) is 22.9. The van der Waals surface area contributed by atoms with Crippen molar-refractivity contribution in [1.29, 1.82) is 0 Å². The van der Waals surface area contributed by atoms with Gasteiger partial charge in [-0.05, 0) is 42.8 Å². The second-order valence-corrected chi connectivity index (χ2v) is 7.93. The van der Waals surface area contributed by atoms with Crippen LogP contribution in [0.3, 0.4) is 0 Å². The van der Waals surface area contributed by atoms with Gasteiger partial charge in [0.1, 0.15) is 18.0 Å². The summed E-state index contributed by atoms with van der Waals surface area (Å²) in [7, 11) is 0. The van der Waals surface area contributed by atoms with Crippen LogP contribution in [0.4, 0.5) is 28.7 Å². The van der Waals surface area contributed by atoms with E-state index >= 15 is 0 Å². The molecule has 8 nitrogen and oxygen atoms in total. The number of nitrogens with one attached hydrogen (secondary N) is 4. The third kappa shape index (κ3) is 7.13. The van der Waals surface area contributed by atoms with Crippen molar-refractivity contribution in [1.82, 2.24) is 20.2 Å². The van der Waals surface area contributed by atoms with E-state index in [1.807, 2.05) is 61.5 Å². The number of aryl methyl sites for hydroxylation is 1. The lowest BCUT2D eigenvalue weighted by Crippen LogP contribution is -2.43. The van der Waals surface area contributed by atoms with Gasteiger partial charge in [0, 0.05) is 61.9 Å². The van der Waals surface area contributed by atoms with Crippen LogP contribution >= 0.6 is 0 Å². The highest BCUT2D eigenvalue weighted by Crippen LogP contribution is 2.22. The second-order valence-electron chi connectivity index (χ2n) is 7.93. The molecule has 1 aliphatic rings. The van der Waals surface area contributed by atoms with Gasteiger partial charge >= 0.3 is 0 Å². The van der Waals surface area contributed by atoms with E-state index in [0.29, 0.717) is 17.3 Å². The minimum absolute atomic E-state index is 0.144. The number of aromatic nitrogens is 2. The molecule has 1 saturated heterocycles. The van der Waals surface area contributed by atoms with Gasteiger partial charge < -0.3 is 21.3 Å². The number of hydrogen-bond acceptors (Lipinski definition) is 7. The van der Waals surface area contributed by atoms with Gasteiger partial charge in [-0.2, -0.15) is 0 Å². The molecule has 0 spiro atoms. The molecule has 1 aliphatic heterocycles. The standard InChI is InChI=1S/C25H29N7O/c1-19-5-2-6-20(15-19)29-23-17-24(28-18-27-23)30-21-7-3-8-22(16-21)31-25(33)9-4-12-32-13-10-26-11-14-32/h2-9,15-18,26H,10-14H2,1H3,(H,31,33)(H2,27,28,29,30). The van der Waals surface area contributed by atoms with Crippen LogP contribution in [-0.2, 0) is 4.79 Å². The van der Waals surface area contributed by atoms with Crippen molar-refractivity contribution >= 4 is 34.6 Å². The number of nitrogens with zero attached hydrogens (tertiary/aromatic N) is 3. The number of piperazine rings is 1. The van der Waals surface area contributed by atoms with Crippen molar-refractivity contribution in [2.45, 2.75) is 6.92 Å². The lowest BCUT2D eigenvalue weighted by molar-refractivity contribution is -0.111. The highest BCUT2D eigenvalue weighted by molar-refractivity contribution is 5.99. The summed E-state index contributed by atoms with van der Waals surface area (Å²) >= 11 is 0. The van der Waals surface area contributed by atoms with Crippen molar-refractivity contribution in [2.75, 3.05) is 48.7 Å². The molecule has 0 atom stereocenters. The molecule has 2 heterocycles. The number of anilines is 5. The minimum atomic E-state index is -0.144. The van der Waals surface area contributed by atoms with Crippen LogP contribution in [0.15, 0.2) is 73.1 Å². The molecule has 33 heavy (non-hydrogen) atoms. The van der Waals surface area contributed by atoms with Crippen molar-refractivity contribution in [3.63, 3.8) is 0 Å². The molecule has 0 radical (unpaired) electrons. The summed E-state index contributed by atoms with van der Waals surface area (Å²) in [5.41, 5.74) is 3.67. The molecule has 8 heteroatoms. The Balaban J connectivity index is 1.33. The average molecular weight is 444 g/mol. The van der Waals surface area contributed by atoms with Crippen molar-refractivity contribution in [3.05, 3.63) is 78.6 Å². The monoisotopic (exact) mass is 443 g/mol. The smallest absolute Gasteiger partial charge is 0.248 e. The predicted molar refractivity (Wildman–Crippen MR) is 133 cm³/mol. The minimum Gasteiger partial charge on any atom is -0.340 e. The highest BCUT2D eigenvalue weighted by atomic mass is 16.1. The van der Waals surface area contributed by atoms with Crippen LogP contribution in [0.5, 0.6) is 0 Å². The molecule has 0 aliphatic carbocycles. The summed E-state index contributed by atoms with van der Waals surface area (Å²) in [6, 6.07) is 17.5. The molecule has 4 rings (SSSR count). The van der Waals surface area contributed by atoms with E-state index in [-0.39, 0.29) is 5.91 Å². The molecule has 1 amide bonds. The molecule has 2 aromatic carbocycles. The SMILES string of the molecule is Cc1cccc(Nc2cc(Nc3cccc(NC(=O)C=CCN4CCNCC4)c3)ncn2)c1. The fraction of sp³-hybridized carbons (Fsp3) is 0.240. The Hall–Kier alpha value is -3.75. The first kappa shape index (κ1) is 22.4. The second kappa shape index (κ2) is 11.2. The van der Waals surface area contributed by atoms with E-state index in [2.05, 4.69) is 42.2 Å². The largest absolute Gasteiger partial charge is 0.340 e. The van der Waals surface area contributed by atoms with Crippen molar-refractivity contribution in [3.8, 4) is 0 Å². The molecule has 0 unspecified atom stereocenters. The number of benzene rings is 2. The number of hydrogen-bond donors (Lipinski definition) is 4. The Labute approximate surface area is 194 Å². The lowest BCUT2D eigenvalue weighted by Gasteiger charge is -2.25. The van der Waals surface area contributed by atoms with Gasteiger partial charge in [-0.25, -0.2) is 9.97 Å². The molecule has 170 valence electrons. The van der Waals surface area contributed by atoms with Gasteiger partial charge in [0.15, 0.2) is 0 Å². The van der Waals surface area contributed by atoms with Crippen molar-refractivity contribution in [2.24, 2.45) is 0 Å². The first-order valence-corrected chi connectivity index (χ1v) is 11.1. The number of amides is 1. The molecule has 0 bridgehead atoms.